The smallest absolute Gasteiger partial charge is 0.231 e. The summed E-state index contributed by atoms with van der Waals surface area (Å²) >= 11 is 4.40. The number of carbonyl (C=O) groups excluding carboxylic acids is 1. The molecule has 3 fully saturated rings. The summed E-state index contributed by atoms with van der Waals surface area (Å²) in [6, 6.07) is 5.90. The molecule has 0 unspecified atom stereocenters. The van der Waals surface area contributed by atoms with Crippen LogP contribution in [0.25, 0.3) is 0 Å². The predicted octanol–water partition coefficient (Wildman–Crippen LogP) is 4.03. The van der Waals surface area contributed by atoms with Gasteiger partial charge in [0.15, 0.2) is 11.5 Å². The molecular formula is C20H25NO3S2. The summed E-state index contributed by atoms with van der Waals surface area (Å²) in [6.07, 6.45) is 6.11. The molecule has 140 valence electrons. The molecule has 5 rings (SSSR count). The number of ether oxygens (including phenoxy) is 2. The summed E-state index contributed by atoms with van der Waals surface area (Å²) in [5.41, 5.74) is 1.07. The molecule has 0 radical (unpaired) electrons. The van der Waals surface area contributed by atoms with Gasteiger partial charge in [-0.15, -0.1) is 23.5 Å². The largest absolute Gasteiger partial charge is 0.454 e. The van der Waals surface area contributed by atoms with Gasteiger partial charge in [-0.05, 0) is 55.2 Å². The minimum absolute atomic E-state index is 0.187. The first-order valence-electron chi connectivity index (χ1n) is 9.69. The normalized spacial score (nSPS) is 31.2. The van der Waals surface area contributed by atoms with Crippen molar-refractivity contribution in [2.75, 3.05) is 18.3 Å². The first-order chi connectivity index (χ1) is 12.7. The van der Waals surface area contributed by atoms with Crippen LogP contribution >= 0.6 is 23.5 Å². The van der Waals surface area contributed by atoms with E-state index >= 15 is 0 Å². The molecule has 4 aliphatic rings. The Morgan fingerprint density at radius 2 is 1.85 bits per heavy atom. The summed E-state index contributed by atoms with van der Waals surface area (Å²) in [4.78, 5) is 12.9. The van der Waals surface area contributed by atoms with Gasteiger partial charge in [-0.3, -0.25) is 4.79 Å². The van der Waals surface area contributed by atoms with E-state index in [0.29, 0.717) is 22.5 Å². The van der Waals surface area contributed by atoms with Gasteiger partial charge in [-0.1, -0.05) is 12.5 Å². The van der Waals surface area contributed by atoms with E-state index in [1.807, 2.05) is 18.2 Å². The molecule has 26 heavy (non-hydrogen) atoms. The van der Waals surface area contributed by atoms with Crippen LogP contribution < -0.4 is 14.8 Å². The molecular weight excluding hydrogens is 366 g/mol. The lowest BCUT2D eigenvalue weighted by Gasteiger charge is -2.52. The zero-order valence-corrected chi connectivity index (χ0v) is 16.5. The Morgan fingerprint density at radius 3 is 2.62 bits per heavy atom. The van der Waals surface area contributed by atoms with Gasteiger partial charge in [0.25, 0.3) is 0 Å². The van der Waals surface area contributed by atoms with Crippen molar-refractivity contribution in [1.29, 1.82) is 0 Å². The van der Waals surface area contributed by atoms with Crippen LogP contribution in [0.5, 0.6) is 11.5 Å². The van der Waals surface area contributed by atoms with E-state index in [-0.39, 0.29) is 18.6 Å². The van der Waals surface area contributed by atoms with Crippen LogP contribution in [0.4, 0.5) is 0 Å². The maximum Gasteiger partial charge on any atom is 0.231 e. The molecule has 0 aromatic heterocycles. The SMILES string of the molecule is O=C(NCc1ccc2c(c1)OCO2)C1C[C@H]2CCC[C@H](C1)C21SCCS1. The standard InChI is InChI=1S/C20H25NO3S2/c22-19(21-11-13-4-5-17-18(8-13)24-12-23-17)14-9-15-2-1-3-16(10-14)20(15)25-6-7-26-20/h4-5,8,14-16H,1-3,6-7,9-12H2,(H,21,22)/t15-,16-/m1/s1. The van der Waals surface area contributed by atoms with Gasteiger partial charge in [0.05, 0.1) is 4.08 Å². The molecule has 1 saturated heterocycles. The predicted molar refractivity (Wildman–Crippen MR) is 106 cm³/mol. The Kier molecular flexibility index (Phi) is 4.52. The maximum absolute atomic E-state index is 12.9. The van der Waals surface area contributed by atoms with Gasteiger partial charge >= 0.3 is 0 Å². The molecule has 2 aliphatic heterocycles. The molecule has 1 aromatic carbocycles. The third kappa shape index (κ3) is 2.89. The third-order valence-corrected chi connectivity index (χ3v) is 10.4. The highest BCUT2D eigenvalue weighted by Gasteiger charge is 2.55. The van der Waals surface area contributed by atoms with Gasteiger partial charge in [-0.25, -0.2) is 0 Å². The van der Waals surface area contributed by atoms with E-state index in [1.54, 1.807) is 0 Å². The average Bonchev–Trinajstić information content (AvgIpc) is 3.29. The fourth-order valence-corrected chi connectivity index (χ4v) is 9.14. The van der Waals surface area contributed by atoms with Crippen LogP contribution in [0.15, 0.2) is 18.2 Å². The van der Waals surface area contributed by atoms with Gasteiger partial charge in [0, 0.05) is 24.0 Å². The Bertz CT molecular complexity index is 688. The highest BCUT2D eigenvalue weighted by Crippen LogP contribution is 2.64. The second-order valence-corrected chi connectivity index (χ2v) is 10.8. The number of amides is 1. The number of thioether (sulfide) groups is 2. The van der Waals surface area contributed by atoms with Gasteiger partial charge in [0.2, 0.25) is 12.7 Å². The molecule has 2 heterocycles. The fourth-order valence-electron chi connectivity index (χ4n) is 5.21. The van der Waals surface area contributed by atoms with Crippen molar-refractivity contribution in [1.82, 2.24) is 5.32 Å². The Morgan fingerprint density at radius 1 is 1.12 bits per heavy atom. The molecule has 2 saturated carbocycles. The van der Waals surface area contributed by atoms with Gasteiger partial charge in [0.1, 0.15) is 0 Å². The highest BCUT2D eigenvalue weighted by molar-refractivity contribution is 8.21. The quantitative estimate of drug-likeness (QED) is 0.843. The lowest BCUT2D eigenvalue weighted by atomic mass is 9.67. The number of hydrogen-bond acceptors (Lipinski definition) is 5. The average molecular weight is 392 g/mol. The van der Waals surface area contributed by atoms with E-state index in [1.165, 1.54) is 30.8 Å². The van der Waals surface area contributed by atoms with Crippen LogP contribution in [-0.2, 0) is 11.3 Å². The van der Waals surface area contributed by atoms with E-state index in [2.05, 4.69) is 28.8 Å². The first kappa shape index (κ1) is 17.1. The summed E-state index contributed by atoms with van der Waals surface area (Å²) in [5, 5.41) is 3.18. The lowest BCUT2D eigenvalue weighted by Crippen LogP contribution is -2.49. The topological polar surface area (TPSA) is 47.6 Å². The van der Waals surface area contributed by atoms with Crippen molar-refractivity contribution in [2.45, 2.75) is 42.7 Å². The molecule has 1 amide bonds. The Balaban J connectivity index is 1.23. The van der Waals surface area contributed by atoms with Crippen LogP contribution in [0.3, 0.4) is 0 Å². The second-order valence-electron chi connectivity index (χ2n) is 7.82. The minimum Gasteiger partial charge on any atom is -0.454 e. The van der Waals surface area contributed by atoms with Crippen molar-refractivity contribution in [3.63, 3.8) is 0 Å². The molecule has 2 atom stereocenters. The van der Waals surface area contributed by atoms with Crippen molar-refractivity contribution in [2.24, 2.45) is 17.8 Å². The molecule has 2 aliphatic carbocycles. The second kappa shape index (κ2) is 6.86. The molecule has 2 bridgehead atoms. The summed E-state index contributed by atoms with van der Waals surface area (Å²) < 4.78 is 11.2. The van der Waals surface area contributed by atoms with E-state index < -0.39 is 0 Å². The minimum atomic E-state index is 0.187. The monoisotopic (exact) mass is 391 g/mol. The van der Waals surface area contributed by atoms with E-state index in [9.17, 15) is 4.79 Å². The van der Waals surface area contributed by atoms with Crippen LogP contribution in [-0.4, -0.2) is 28.3 Å². The van der Waals surface area contributed by atoms with Crippen LogP contribution in [0, 0.1) is 17.8 Å². The molecule has 1 N–H and O–H groups in total. The number of rotatable bonds is 3. The number of carbonyl (C=O) groups is 1. The van der Waals surface area contributed by atoms with Crippen molar-refractivity contribution >= 4 is 29.4 Å². The van der Waals surface area contributed by atoms with Gasteiger partial charge in [-0.2, -0.15) is 0 Å². The van der Waals surface area contributed by atoms with Crippen molar-refractivity contribution < 1.29 is 14.3 Å². The number of hydrogen-bond donors (Lipinski definition) is 1. The molecule has 4 nitrogen and oxygen atoms in total. The number of benzene rings is 1. The Hall–Kier alpha value is -1.01. The van der Waals surface area contributed by atoms with Crippen molar-refractivity contribution in [3.05, 3.63) is 23.8 Å². The highest BCUT2D eigenvalue weighted by atomic mass is 32.2. The maximum atomic E-state index is 12.9. The van der Waals surface area contributed by atoms with Gasteiger partial charge < -0.3 is 14.8 Å². The Labute approximate surface area is 163 Å². The summed E-state index contributed by atoms with van der Waals surface area (Å²) in [5.74, 6) is 6.01. The molecule has 6 heteroatoms. The van der Waals surface area contributed by atoms with E-state index in [0.717, 1.165) is 29.9 Å². The molecule has 1 spiro atoms. The molecule has 1 aromatic rings. The van der Waals surface area contributed by atoms with Crippen LogP contribution in [0.2, 0.25) is 0 Å². The van der Waals surface area contributed by atoms with Crippen LogP contribution in [0.1, 0.15) is 37.7 Å². The third-order valence-electron chi connectivity index (χ3n) is 6.39. The number of fused-ring (bicyclic) bond motifs is 1. The fraction of sp³-hybridized carbons (Fsp3) is 0.650. The summed E-state index contributed by atoms with van der Waals surface area (Å²) in [7, 11) is 0. The zero-order valence-electron chi connectivity index (χ0n) is 14.9. The summed E-state index contributed by atoms with van der Waals surface area (Å²) in [6.45, 7) is 0.851. The van der Waals surface area contributed by atoms with Crippen molar-refractivity contribution in [3.8, 4) is 11.5 Å². The lowest BCUT2D eigenvalue weighted by molar-refractivity contribution is -0.127. The van der Waals surface area contributed by atoms with E-state index in [4.69, 9.17) is 9.47 Å². The number of nitrogens with one attached hydrogen (secondary N) is 1. The first-order valence-corrected chi connectivity index (χ1v) is 11.7. The zero-order chi connectivity index (χ0) is 17.6.